The Labute approximate surface area is 356 Å². The molecule has 3 heterocycles. The highest BCUT2D eigenvalue weighted by Crippen LogP contribution is 2.57. The van der Waals surface area contributed by atoms with E-state index in [9.17, 15) is 27.6 Å². The Hall–Kier alpha value is -4.00. The SMILES string of the molecule is C=C[C@@H]1C[C@]1(CC(=O)[C@@H]1C[C@@H]2CN1C(=O)[C@H](C(C)(C)C)CC(=O)O[C@@H]1C[C@H]1CCCCCc1c(nc3cc(C)ccc3c1OCCCCC)O2)C(=O)NS(=O)(=O)C1(C)CC1. The summed E-state index contributed by atoms with van der Waals surface area (Å²) in [7, 11) is -3.96. The summed E-state index contributed by atoms with van der Waals surface area (Å²) in [5, 5.41) is 0.913. The van der Waals surface area contributed by atoms with Crippen LogP contribution >= 0.6 is 0 Å². The van der Waals surface area contributed by atoms with Gasteiger partial charge in [-0.05, 0) is 100 Å². The molecular formula is C47H65N3O9S. The molecule has 2 amide bonds. The van der Waals surface area contributed by atoms with Gasteiger partial charge in [-0.3, -0.25) is 23.9 Å². The Morgan fingerprint density at radius 2 is 1.87 bits per heavy atom. The quantitative estimate of drug-likeness (QED) is 0.127. The molecule has 3 saturated carbocycles. The van der Waals surface area contributed by atoms with Crippen LogP contribution in [0.1, 0.15) is 136 Å². The van der Waals surface area contributed by atoms with E-state index in [0.717, 1.165) is 79.1 Å². The van der Waals surface area contributed by atoms with Crippen molar-refractivity contribution in [3.8, 4) is 11.6 Å². The lowest BCUT2D eigenvalue weighted by atomic mass is 9.77. The number of fused-ring (bicyclic) bond motifs is 5. The largest absolute Gasteiger partial charge is 0.492 e. The van der Waals surface area contributed by atoms with E-state index >= 15 is 0 Å². The van der Waals surface area contributed by atoms with Crippen molar-refractivity contribution in [2.75, 3.05) is 13.2 Å². The molecule has 1 N–H and O–H groups in total. The summed E-state index contributed by atoms with van der Waals surface area (Å²) < 4.78 is 47.1. The molecule has 1 saturated heterocycles. The van der Waals surface area contributed by atoms with Gasteiger partial charge in [-0.1, -0.05) is 65.5 Å². The topological polar surface area (TPSA) is 158 Å². The van der Waals surface area contributed by atoms with Gasteiger partial charge >= 0.3 is 5.97 Å². The van der Waals surface area contributed by atoms with Crippen LogP contribution in [0, 0.1) is 35.5 Å². The lowest BCUT2D eigenvalue weighted by Gasteiger charge is -2.34. The molecule has 12 nitrogen and oxygen atoms in total. The Kier molecular flexibility index (Phi) is 12.5. The Morgan fingerprint density at radius 1 is 1.10 bits per heavy atom. The molecule has 0 unspecified atom stereocenters. The summed E-state index contributed by atoms with van der Waals surface area (Å²) in [6.45, 7) is 16.0. The van der Waals surface area contributed by atoms with Crippen molar-refractivity contribution >= 4 is 44.5 Å². The number of benzene rings is 1. The van der Waals surface area contributed by atoms with Crippen LogP contribution in [0.2, 0.25) is 0 Å². The first-order valence-electron chi connectivity index (χ1n) is 22.3. The van der Waals surface area contributed by atoms with Crippen LogP contribution in [0.3, 0.4) is 0 Å². The molecule has 60 heavy (non-hydrogen) atoms. The number of amides is 2. The maximum absolute atomic E-state index is 14.9. The molecule has 2 aromatic rings. The molecule has 5 aliphatic rings. The number of ketones is 1. The van der Waals surface area contributed by atoms with Crippen LogP contribution in [-0.4, -0.2) is 78.0 Å². The number of hydrogen-bond acceptors (Lipinski definition) is 10. The lowest BCUT2D eigenvalue weighted by Crippen LogP contribution is -2.49. The summed E-state index contributed by atoms with van der Waals surface area (Å²) in [5.41, 5.74) is 0.671. The predicted octanol–water partition coefficient (Wildman–Crippen LogP) is 7.71. The van der Waals surface area contributed by atoms with E-state index < -0.39 is 61.5 Å². The van der Waals surface area contributed by atoms with Crippen LogP contribution in [0.4, 0.5) is 0 Å². The Bertz CT molecular complexity index is 2120. The maximum atomic E-state index is 14.9. The van der Waals surface area contributed by atoms with Crippen LogP contribution in [0.25, 0.3) is 10.9 Å². The summed E-state index contributed by atoms with van der Waals surface area (Å²) in [4.78, 5) is 63.6. The van der Waals surface area contributed by atoms with Crippen LogP contribution in [0.5, 0.6) is 11.6 Å². The number of pyridine rings is 1. The zero-order chi connectivity index (χ0) is 43.2. The first-order chi connectivity index (χ1) is 28.4. The van der Waals surface area contributed by atoms with Gasteiger partial charge in [0.2, 0.25) is 27.7 Å². The molecule has 0 spiro atoms. The monoisotopic (exact) mass is 847 g/mol. The van der Waals surface area contributed by atoms with Gasteiger partial charge in [0.25, 0.3) is 0 Å². The fraction of sp³-hybridized carbons (Fsp3) is 0.681. The van der Waals surface area contributed by atoms with Gasteiger partial charge in [-0.2, -0.15) is 0 Å². The maximum Gasteiger partial charge on any atom is 0.306 e. The van der Waals surface area contributed by atoms with E-state index in [1.165, 1.54) is 4.90 Å². The zero-order valence-electron chi connectivity index (χ0n) is 36.5. The van der Waals surface area contributed by atoms with E-state index in [0.29, 0.717) is 37.7 Å². The number of hydrogen-bond donors (Lipinski definition) is 1. The van der Waals surface area contributed by atoms with Gasteiger partial charge in [-0.25, -0.2) is 13.4 Å². The van der Waals surface area contributed by atoms with Gasteiger partial charge in [0, 0.05) is 18.2 Å². The molecule has 1 aromatic carbocycles. The van der Waals surface area contributed by atoms with Gasteiger partial charge in [-0.15, -0.1) is 6.58 Å². The molecular weight excluding hydrogens is 783 g/mol. The predicted molar refractivity (Wildman–Crippen MR) is 229 cm³/mol. The highest BCUT2D eigenvalue weighted by molar-refractivity contribution is 7.91. The third-order valence-electron chi connectivity index (χ3n) is 13.9. The Balaban J connectivity index is 1.25. The summed E-state index contributed by atoms with van der Waals surface area (Å²) in [5.74, 6) is -1.60. The molecule has 3 aliphatic carbocycles. The molecule has 1 aromatic heterocycles. The summed E-state index contributed by atoms with van der Waals surface area (Å²) in [6, 6.07) is 5.13. The van der Waals surface area contributed by atoms with Crippen molar-refractivity contribution in [3.05, 3.63) is 42.0 Å². The number of nitrogens with one attached hydrogen (secondary N) is 1. The summed E-state index contributed by atoms with van der Waals surface area (Å²) >= 11 is 0. The molecule has 7 rings (SSSR count). The smallest absolute Gasteiger partial charge is 0.306 e. The number of carbonyl (C=O) groups is 4. The molecule has 2 bridgehead atoms. The van der Waals surface area contributed by atoms with E-state index in [4.69, 9.17) is 19.2 Å². The van der Waals surface area contributed by atoms with Crippen LogP contribution < -0.4 is 14.2 Å². The molecule has 328 valence electrons. The first-order valence-corrected chi connectivity index (χ1v) is 23.8. The van der Waals surface area contributed by atoms with Gasteiger partial charge in [0.15, 0.2) is 5.78 Å². The minimum atomic E-state index is -3.96. The average molecular weight is 848 g/mol. The molecule has 4 fully saturated rings. The highest BCUT2D eigenvalue weighted by Gasteiger charge is 2.62. The van der Waals surface area contributed by atoms with Crippen molar-refractivity contribution < 1.29 is 41.8 Å². The highest BCUT2D eigenvalue weighted by atomic mass is 32.2. The first kappa shape index (κ1) is 44.1. The van der Waals surface area contributed by atoms with Crippen molar-refractivity contribution in [1.82, 2.24) is 14.6 Å². The number of sulfonamides is 1. The lowest BCUT2D eigenvalue weighted by molar-refractivity contribution is -0.154. The van der Waals surface area contributed by atoms with Crippen molar-refractivity contribution in [2.45, 2.75) is 161 Å². The molecule has 13 heteroatoms. The summed E-state index contributed by atoms with van der Waals surface area (Å²) in [6.07, 6.45) is 9.94. The fourth-order valence-corrected chi connectivity index (χ4v) is 10.6. The number of unbranched alkanes of at least 4 members (excludes halogenated alkanes) is 2. The van der Waals surface area contributed by atoms with Gasteiger partial charge in [0.1, 0.15) is 18.0 Å². The van der Waals surface area contributed by atoms with Gasteiger partial charge in [0.05, 0.1) is 52.8 Å². The molecule has 7 atom stereocenters. The number of Topliss-reactive ketones (excluding diaryl/α,β-unsaturated/α-hetero) is 1. The number of ether oxygens (including phenoxy) is 3. The van der Waals surface area contributed by atoms with Crippen molar-refractivity contribution in [2.24, 2.45) is 28.6 Å². The standard InChI is InChI=1S/C47H65N3O9S/c1-8-10-14-21-57-41-33-18-17-29(3)22-36(33)48-42-34(41)16-13-11-12-15-30-23-39(30)59-40(52)25-35(45(4,5)6)43(53)50-28-32(58-42)24-37(50)38(51)27-47(26-31(47)9-2)44(54)49-60(55,56)46(7)19-20-46/h9,17-18,22,30-32,35,37,39H,2,8,10-16,19-21,23-28H2,1,3-7H3,(H,49,54)/t30-,31-,32-,35-,37+,39-,47-/m1/s1. The number of nitrogens with zero attached hydrogens (tertiary/aromatic N) is 2. The van der Waals surface area contributed by atoms with E-state index in [2.05, 4.69) is 30.4 Å². The van der Waals surface area contributed by atoms with E-state index in [-0.39, 0.29) is 50.0 Å². The van der Waals surface area contributed by atoms with Crippen molar-refractivity contribution in [3.63, 3.8) is 0 Å². The Morgan fingerprint density at radius 3 is 2.55 bits per heavy atom. The van der Waals surface area contributed by atoms with Crippen LogP contribution in [-0.2, 0) is 40.4 Å². The fourth-order valence-electron chi connectivity index (χ4n) is 9.27. The van der Waals surface area contributed by atoms with Crippen LogP contribution in [0.15, 0.2) is 30.9 Å². The number of allylic oxidation sites excluding steroid dienone is 1. The second-order valence-corrected chi connectivity index (χ2v) is 22.0. The third-order valence-corrected chi connectivity index (χ3v) is 16.0. The number of esters is 1. The van der Waals surface area contributed by atoms with E-state index in [1.807, 2.05) is 33.8 Å². The minimum absolute atomic E-state index is 0.0536. The third kappa shape index (κ3) is 9.26. The molecule has 2 aliphatic heterocycles. The second-order valence-electron chi connectivity index (χ2n) is 19.8. The van der Waals surface area contributed by atoms with E-state index in [1.54, 1.807) is 13.0 Å². The van der Waals surface area contributed by atoms with Crippen molar-refractivity contribution in [1.29, 1.82) is 0 Å². The number of carbonyl (C=O) groups excluding carboxylic acids is 4. The number of aromatic nitrogens is 1. The number of aryl methyl sites for hydroxylation is 1. The zero-order valence-corrected chi connectivity index (χ0v) is 37.3. The molecule has 0 radical (unpaired) electrons. The minimum Gasteiger partial charge on any atom is -0.492 e. The average Bonchev–Trinajstić information content (AvgIpc) is 4.14. The second kappa shape index (κ2) is 17.0. The number of rotatable bonds is 12. The van der Waals surface area contributed by atoms with Gasteiger partial charge < -0.3 is 19.1 Å². The normalized spacial score (nSPS) is 29.2.